The Bertz CT molecular complexity index is 1050. The Morgan fingerprint density at radius 1 is 1.09 bits per heavy atom. The second-order valence-corrected chi connectivity index (χ2v) is 9.95. The molecule has 35 heavy (non-hydrogen) atoms. The van der Waals surface area contributed by atoms with E-state index in [4.69, 9.17) is 4.74 Å². The largest absolute Gasteiger partial charge is 0.489 e. The Hall–Kier alpha value is -3.19. The van der Waals surface area contributed by atoms with Crippen molar-refractivity contribution in [2.45, 2.75) is 44.8 Å². The maximum atomic E-state index is 13.5. The molecule has 3 heterocycles. The molecule has 1 saturated heterocycles. The lowest BCUT2D eigenvalue weighted by Gasteiger charge is -2.38. The van der Waals surface area contributed by atoms with Gasteiger partial charge >= 0.3 is 0 Å². The van der Waals surface area contributed by atoms with Crippen LogP contribution in [0, 0.1) is 11.8 Å². The van der Waals surface area contributed by atoms with Crippen molar-refractivity contribution in [1.82, 2.24) is 20.1 Å². The third-order valence-corrected chi connectivity index (χ3v) is 7.15. The molecule has 7 heteroatoms. The number of hydrogen-bond donors (Lipinski definition) is 1. The minimum absolute atomic E-state index is 0.135. The maximum Gasteiger partial charge on any atom is 0.236 e. The van der Waals surface area contributed by atoms with Crippen LogP contribution >= 0.6 is 0 Å². The number of hydrogen-bond acceptors (Lipinski definition) is 5. The van der Waals surface area contributed by atoms with E-state index in [1.807, 2.05) is 41.3 Å². The lowest BCUT2D eigenvalue weighted by Crippen LogP contribution is -2.47. The number of ether oxygens (including phenoxy) is 1. The molecule has 2 aliphatic heterocycles. The number of nitrogens with zero attached hydrogens (tertiary/aromatic N) is 3. The zero-order chi connectivity index (χ0) is 24.0. The Kier molecular flexibility index (Phi) is 7.42. The standard InChI is InChI=1S/C28H34N4O3/c33-27(30-25-7-8-25)16-22-11-14-32-19-23(22)5-3-15-35-26-6-2-1-4-24(26)18-31(20-28(32)34)17-21-9-12-29-13-10-21/h1-6,9-10,12-13,22-23,25H,7-8,11,14-20H2,(H,30,33)/b5-3-/t22-,23-/m0/s1. The fourth-order valence-corrected chi connectivity index (χ4v) is 5.07. The molecule has 5 rings (SSSR count). The molecule has 3 aliphatic rings. The second-order valence-electron chi connectivity index (χ2n) is 9.95. The number of pyridine rings is 1. The van der Waals surface area contributed by atoms with Crippen molar-refractivity contribution in [1.29, 1.82) is 0 Å². The quantitative estimate of drug-likeness (QED) is 0.674. The highest BCUT2D eigenvalue weighted by Gasteiger charge is 2.33. The zero-order valence-corrected chi connectivity index (χ0v) is 20.1. The highest BCUT2D eigenvalue weighted by molar-refractivity contribution is 5.79. The van der Waals surface area contributed by atoms with E-state index >= 15 is 0 Å². The van der Waals surface area contributed by atoms with Gasteiger partial charge in [0.25, 0.3) is 0 Å². The summed E-state index contributed by atoms with van der Waals surface area (Å²) in [6.07, 6.45) is 11.3. The van der Waals surface area contributed by atoms with Gasteiger partial charge in [-0.05, 0) is 54.9 Å². The van der Waals surface area contributed by atoms with Crippen LogP contribution in [0.3, 0.4) is 0 Å². The molecule has 7 nitrogen and oxygen atoms in total. The van der Waals surface area contributed by atoms with Gasteiger partial charge in [-0.25, -0.2) is 0 Å². The van der Waals surface area contributed by atoms with Gasteiger partial charge in [-0.15, -0.1) is 0 Å². The van der Waals surface area contributed by atoms with Crippen LogP contribution in [0.1, 0.15) is 36.8 Å². The molecule has 2 bridgehead atoms. The number of carbonyl (C=O) groups is 2. The fraction of sp³-hybridized carbons (Fsp3) is 0.464. The second kappa shape index (κ2) is 11.0. The van der Waals surface area contributed by atoms with E-state index in [-0.39, 0.29) is 23.7 Å². The summed E-state index contributed by atoms with van der Waals surface area (Å²) in [6, 6.07) is 12.4. The SMILES string of the molecule is O=C(C[C@@H]1CCN2C[C@@H]1/C=C\COc1ccccc1CN(Cc1ccncc1)CC2=O)NC1CC1. The molecule has 2 amide bonds. The predicted octanol–water partition coefficient (Wildman–Crippen LogP) is 3.17. The van der Waals surface area contributed by atoms with Crippen LogP contribution in [0.15, 0.2) is 60.9 Å². The number of rotatable bonds is 5. The fourth-order valence-electron chi connectivity index (χ4n) is 5.07. The summed E-state index contributed by atoms with van der Waals surface area (Å²) in [5.41, 5.74) is 2.19. The van der Waals surface area contributed by atoms with Crippen molar-refractivity contribution >= 4 is 11.8 Å². The van der Waals surface area contributed by atoms with E-state index in [2.05, 4.69) is 27.3 Å². The van der Waals surface area contributed by atoms with Crippen LogP contribution in [-0.4, -0.2) is 58.9 Å². The number of amides is 2. The Labute approximate surface area is 207 Å². The molecular weight excluding hydrogens is 440 g/mol. The first kappa shape index (κ1) is 23.5. The van der Waals surface area contributed by atoms with Crippen LogP contribution in [-0.2, 0) is 22.7 Å². The third-order valence-electron chi connectivity index (χ3n) is 7.15. The van der Waals surface area contributed by atoms with Gasteiger partial charge < -0.3 is 15.0 Å². The first-order valence-corrected chi connectivity index (χ1v) is 12.7. The zero-order valence-electron chi connectivity index (χ0n) is 20.1. The van der Waals surface area contributed by atoms with Gasteiger partial charge in [0.15, 0.2) is 0 Å². The summed E-state index contributed by atoms with van der Waals surface area (Å²) in [6.45, 7) is 3.41. The average Bonchev–Trinajstić information content (AvgIpc) is 3.67. The van der Waals surface area contributed by atoms with Gasteiger partial charge in [-0.2, -0.15) is 0 Å². The molecule has 2 aromatic rings. The van der Waals surface area contributed by atoms with Gasteiger partial charge in [-0.3, -0.25) is 19.5 Å². The number of benzene rings is 1. The van der Waals surface area contributed by atoms with Crippen molar-refractivity contribution in [3.8, 4) is 5.75 Å². The van der Waals surface area contributed by atoms with Crippen molar-refractivity contribution < 1.29 is 14.3 Å². The van der Waals surface area contributed by atoms with E-state index < -0.39 is 0 Å². The summed E-state index contributed by atoms with van der Waals surface area (Å²) in [7, 11) is 0. The molecule has 0 unspecified atom stereocenters. The molecule has 1 aromatic carbocycles. The van der Waals surface area contributed by atoms with E-state index in [0.717, 1.165) is 36.1 Å². The van der Waals surface area contributed by atoms with E-state index in [0.29, 0.717) is 51.8 Å². The first-order valence-electron chi connectivity index (χ1n) is 12.7. The molecule has 1 saturated carbocycles. The van der Waals surface area contributed by atoms with E-state index in [1.165, 1.54) is 0 Å². The van der Waals surface area contributed by atoms with E-state index in [1.54, 1.807) is 12.4 Å². The van der Waals surface area contributed by atoms with Crippen molar-refractivity contribution in [3.05, 3.63) is 72.1 Å². The van der Waals surface area contributed by atoms with Crippen LogP contribution in [0.25, 0.3) is 0 Å². The minimum atomic E-state index is 0.135. The van der Waals surface area contributed by atoms with E-state index in [9.17, 15) is 9.59 Å². The van der Waals surface area contributed by atoms with Crippen LogP contribution in [0.2, 0.25) is 0 Å². The van der Waals surface area contributed by atoms with Crippen molar-refractivity contribution in [2.24, 2.45) is 11.8 Å². The normalized spacial score (nSPS) is 24.2. The van der Waals surface area contributed by atoms with Gasteiger partial charge in [0.05, 0.1) is 6.54 Å². The number of fused-ring (bicyclic) bond motifs is 3. The lowest BCUT2D eigenvalue weighted by atomic mass is 9.82. The number of piperidine rings is 1. The van der Waals surface area contributed by atoms with Gasteiger partial charge in [-0.1, -0.05) is 30.4 Å². The Morgan fingerprint density at radius 2 is 1.91 bits per heavy atom. The number of nitrogens with one attached hydrogen (secondary N) is 1. The minimum Gasteiger partial charge on any atom is -0.489 e. The Balaban J connectivity index is 1.35. The predicted molar refractivity (Wildman–Crippen MR) is 133 cm³/mol. The van der Waals surface area contributed by atoms with Gasteiger partial charge in [0.1, 0.15) is 12.4 Å². The molecule has 0 radical (unpaired) electrons. The number of para-hydroxylation sites is 1. The third kappa shape index (κ3) is 6.48. The molecule has 1 aromatic heterocycles. The first-order chi connectivity index (χ1) is 17.1. The van der Waals surface area contributed by atoms with Crippen LogP contribution in [0.4, 0.5) is 0 Å². The van der Waals surface area contributed by atoms with Crippen molar-refractivity contribution in [3.63, 3.8) is 0 Å². The number of carbonyl (C=O) groups excluding carboxylic acids is 2. The summed E-state index contributed by atoms with van der Waals surface area (Å²) < 4.78 is 6.14. The van der Waals surface area contributed by atoms with Crippen LogP contribution < -0.4 is 10.1 Å². The molecule has 184 valence electrons. The van der Waals surface area contributed by atoms with Crippen LogP contribution in [0.5, 0.6) is 5.75 Å². The molecular formula is C28H34N4O3. The lowest BCUT2D eigenvalue weighted by molar-refractivity contribution is -0.135. The molecule has 2 atom stereocenters. The summed E-state index contributed by atoms with van der Waals surface area (Å²) in [4.78, 5) is 34.3. The van der Waals surface area contributed by atoms with Gasteiger partial charge in [0.2, 0.25) is 11.8 Å². The molecule has 0 spiro atoms. The molecule has 1 N–H and O–H groups in total. The molecule has 1 aliphatic carbocycles. The summed E-state index contributed by atoms with van der Waals surface area (Å²) in [5, 5.41) is 3.12. The highest BCUT2D eigenvalue weighted by atomic mass is 16.5. The number of aromatic nitrogens is 1. The topological polar surface area (TPSA) is 74.8 Å². The average molecular weight is 475 g/mol. The molecule has 2 fully saturated rings. The maximum absolute atomic E-state index is 13.5. The summed E-state index contributed by atoms with van der Waals surface area (Å²) >= 11 is 0. The van der Waals surface area contributed by atoms with Crippen molar-refractivity contribution in [2.75, 3.05) is 26.2 Å². The monoisotopic (exact) mass is 474 g/mol. The highest BCUT2D eigenvalue weighted by Crippen LogP contribution is 2.30. The summed E-state index contributed by atoms with van der Waals surface area (Å²) in [5.74, 6) is 1.50. The Morgan fingerprint density at radius 3 is 2.74 bits per heavy atom. The smallest absolute Gasteiger partial charge is 0.236 e. The van der Waals surface area contributed by atoms with Gasteiger partial charge in [0, 0.05) is 56.6 Å².